The quantitative estimate of drug-likeness (QED) is 0.137. The van der Waals surface area contributed by atoms with E-state index in [9.17, 15) is 9.59 Å². The molecule has 0 saturated carbocycles. The molecule has 48 heavy (non-hydrogen) atoms. The molecule has 6 aromatic carbocycles. The lowest BCUT2D eigenvalue weighted by atomic mass is 9.80. The van der Waals surface area contributed by atoms with Crippen LogP contribution in [0.3, 0.4) is 0 Å². The van der Waals surface area contributed by atoms with Gasteiger partial charge in [0.25, 0.3) is 0 Å². The van der Waals surface area contributed by atoms with E-state index in [1.165, 1.54) is 35.0 Å². The molecular weight excluding hydrogens is 835 g/mol. The number of hydrogen-bond donors (Lipinski definition) is 2. The van der Waals surface area contributed by atoms with Crippen LogP contribution in [0.2, 0.25) is 0 Å². The number of carbonyl (C=O) groups excluding carboxylic acids is 2. The smallest absolute Gasteiger partial charge is 0.423 e. The Morgan fingerprint density at radius 3 is 1.62 bits per heavy atom. The second-order valence-corrected chi connectivity index (χ2v) is 15.5. The second-order valence-electron chi connectivity index (χ2n) is 10.7. The summed E-state index contributed by atoms with van der Waals surface area (Å²) in [6, 6.07) is 39.8. The van der Waals surface area contributed by atoms with Crippen molar-refractivity contribution in [1.29, 1.82) is 0 Å². The molecule has 8 aromatic rings. The van der Waals surface area contributed by atoms with E-state index in [2.05, 4.69) is 102 Å². The Bertz CT molecular complexity index is 2440. The summed E-state index contributed by atoms with van der Waals surface area (Å²) >= 11 is 13.4. The van der Waals surface area contributed by atoms with Crippen LogP contribution in [0.25, 0.3) is 51.5 Å². The van der Waals surface area contributed by atoms with Crippen LogP contribution < -0.4 is 5.46 Å². The van der Waals surface area contributed by atoms with Gasteiger partial charge < -0.3 is 10.0 Å². The molecule has 0 aliphatic rings. The summed E-state index contributed by atoms with van der Waals surface area (Å²) in [7, 11) is -1.40. The first kappa shape index (κ1) is 34.4. The van der Waals surface area contributed by atoms with E-state index < -0.39 is 7.12 Å². The minimum absolute atomic E-state index is 0.538. The van der Waals surface area contributed by atoms with Gasteiger partial charge in [0, 0.05) is 59.5 Å². The lowest BCUT2D eigenvalue weighted by molar-refractivity contribution is 0.111. The fraction of sp³-hybridized carbons (Fsp3) is 0. The topological polar surface area (TPSA) is 74.6 Å². The van der Waals surface area contributed by atoms with Crippen molar-refractivity contribution >= 4 is 136 Å². The first-order valence-corrected chi connectivity index (χ1v) is 18.6. The minimum atomic E-state index is -1.40. The average molecular weight is 859 g/mol. The molecule has 0 unspecified atom stereocenters. The molecule has 2 heterocycles. The van der Waals surface area contributed by atoms with Crippen molar-refractivity contribution in [3.8, 4) is 11.1 Å². The molecule has 0 fully saturated rings. The second kappa shape index (κ2) is 15.4. The molecule has 0 atom stereocenters. The first-order chi connectivity index (χ1) is 23.2. The van der Waals surface area contributed by atoms with Gasteiger partial charge in [-0.05, 0) is 82.6 Å². The zero-order chi connectivity index (χ0) is 33.8. The average Bonchev–Trinajstić information content (AvgIpc) is 3.67. The highest BCUT2D eigenvalue weighted by molar-refractivity contribution is 9.11. The summed E-state index contributed by atoms with van der Waals surface area (Å²) in [5, 5.41) is 23.1. The Balaban J connectivity index is 0.000000135. The zero-order valence-electron chi connectivity index (χ0n) is 24.9. The van der Waals surface area contributed by atoms with Crippen LogP contribution >= 0.6 is 70.5 Å². The zero-order valence-corrected chi connectivity index (χ0v) is 31.3. The van der Waals surface area contributed by atoms with Gasteiger partial charge in [-0.1, -0.05) is 108 Å². The molecule has 0 aliphatic carbocycles. The fourth-order valence-corrected chi connectivity index (χ4v) is 8.57. The number of halogens is 3. The van der Waals surface area contributed by atoms with Crippen LogP contribution in [0, 0.1) is 0 Å². The molecule has 0 bridgehead atoms. The molecule has 4 nitrogen and oxygen atoms in total. The van der Waals surface area contributed by atoms with Crippen molar-refractivity contribution in [3.05, 3.63) is 146 Å². The number of aldehydes is 2. The molecule has 236 valence electrons. The van der Waals surface area contributed by atoms with Gasteiger partial charge in [0.1, 0.15) is 0 Å². The lowest BCUT2D eigenvalue weighted by Crippen LogP contribution is -2.29. The van der Waals surface area contributed by atoms with Crippen molar-refractivity contribution in [1.82, 2.24) is 0 Å². The molecule has 2 N–H and O–H groups in total. The first-order valence-electron chi connectivity index (χ1n) is 14.6. The SMILES string of the molecule is O=Cc1cc(Br)ccc1-c1ccc2sc3ccccc3c2c1.O=Cc1cc(Br)ccc1Br.OB(O)c1ccc2sc3ccccc3c2c1. The predicted octanol–water partition coefficient (Wildman–Crippen LogP) is 11.1. The van der Waals surface area contributed by atoms with Gasteiger partial charge in [-0.2, -0.15) is 0 Å². The van der Waals surface area contributed by atoms with E-state index in [0.717, 1.165) is 42.5 Å². The molecule has 10 heteroatoms. The molecule has 0 amide bonds. The third-order valence-electron chi connectivity index (χ3n) is 7.61. The molecule has 8 rings (SSSR count). The van der Waals surface area contributed by atoms with Gasteiger partial charge in [0.15, 0.2) is 12.6 Å². The maximum absolute atomic E-state index is 11.4. The standard InChI is InChI=1S/C19H11BrOS.C12H9BO2S.C7H4Br2O/c20-14-6-7-15(13(9-14)11-21)12-5-8-19-17(10-12)16-3-1-2-4-18(16)22-19;14-13(15)8-5-6-12-10(7-8)9-3-1-2-4-11(9)16-12;8-6-1-2-7(9)5(3-6)4-10/h1-11H;1-7,14-15H;1-4H. The van der Waals surface area contributed by atoms with Gasteiger partial charge in [-0.25, -0.2) is 0 Å². The van der Waals surface area contributed by atoms with E-state index in [1.807, 2.05) is 54.6 Å². The van der Waals surface area contributed by atoms with Gasteiger partial charge in [0.2, 0.25) is 0 Å². The van der Waals surface area contributed by atoms with E-state index in [-0.39, 0.29) is 0 Å². The Labute approximate surface area is 310 Å². The summed E-state index contributed by atoms with van der Waals surface area (Å²) in [6.07, 6.45) is 1.73. The van der Waals surface area contributed by atoms with E-state index in [1.54, 1.807) is 34.8 Å². The maximum Gasteiger partial charge on any atom is 0.488 e. The number of fused-ring (bicyclic) bond motifs is 6. The molecular formula is C38H24BBr3O4S2. The summed E-state index contributed by atoms with van der Waals surface area (Å²) in [5.74, 6) is 0. The van der Waals surface area contributed by atoms with Gasteiger partial charge in [0.05, 0.1) is 0 Å². The lowest BCUT2D eigenvalue weighted by Gasteiger charge is -2.06. The summed E-state index contributed by atoms with van der Waals surface area (Å²) in [4.78, 5) is 21.7. The molecule has 0 aliphatic heterocycles. The Hall–Kier alpha value is -3.48. The fourth-order valence-electron chi connectivity index (χ4n) is 5.30. The van der Waals surface area contributed by atoms with Crippen molar-refractivity contribution < 1.29 is 19.6 Å². The Kier molecular flexibility index (Phi) is 11.0. The number of benzene rings is 6. The highest BCUT2D eigenvalue weighted by Gasteiger charge is 2.13. The highest BCUT2D eigenvalue weighted by Crippen LogP contribution is 2.37. The monoisotopic (exact) mass is 856 g/mol. The number of thiophene rings is 2. The number of hydrogen-bond acceptors (Lipinski definition) is 6. The van der Waals surface area contributed by atoms with Gasteiger partial charge >= 0.3 is 7.12 Å². The summed E-state index contributed by atoms with van der Waals surface area (Å²) in [5.41, 5.74) is 3.94. The van der Waals surface area contributed by atoms with Gasteiger partial charge in [-0.3, -0.25) is 9.59 Å². The Morgan fingerprint density at radius 1 is 0.521 bits per heavy atom. The van der Waals surface area contributed by atoms with Crippen LogP contribution in [0.5, 0.6) is 0 Å². The van der Waals surface area contributed by atoms with Crippen LogP contribution in [0.4, 0.5) is 0 Å². The predicted molar refractivity (Wildman–Crippen MR) is 214 cm³/mol. The van der Waals surface area contributed by atoms with Gasteiger partial charge in [-0.15, -0.1) is 22.7 Å². The maximum atomic E-state index is 11.4. The molecule has 2 aromatic heterocycles. The van der Waals surface area contributed by atoms with Crippen LogP contribution in [-0.2, 0) is 0 Å². The highest BCUT2D eigenvalue weighted by atomic mass is 79.9. The normalized spacial score (nSPS) is 10.8. The van der Waals surface area contributed by atoms with E-state index in [0.29, 0.717) is 16.6 Å². The van der Waals surface area contributed by atoms with Crippen LogP contribution in [-0.4, -0.2) is 29.7 Å². The third-order valence-corrected chi connectivity index (χ3v) is 11.6. The van der Waals surface area contributed by atoms with Crippen molar-refractivity contribution in [2.24, 2.45) is 0 Å². The number of carbonyl (C=O) groups is 2. The van der Waals surface area contributed by atoms with Crippen molar-refractivity contribution in [2.75, 3.05) is 0 Å². The molecule has 0 saturated heterocycles. The van der Waals surface area contributed by atoms with Crippen molar-refractivity contribution in [3.63, 3.8) is 0 Å². The third kappa shape index (κ3) is 7.55. The number of rotatable bonds is 4. The van der Waals surface area contributed by atoms with E-state index >= 15 is 0 Å². The minimum Gasteiger partial charge on any atom is -0.423 e. The van der Waals surface area contributed by atoms with Crippen molar-refractivity contribution in [2.45, 2.75) is 0 Å². The van der Waals surface area contributed by atoms with Crippen LogP contribution in [0.1, 0.15) is 20.7 Å². The molecule has 0 radical (unpaired) electrons. The van der Waals surface area contributed by atoms with E-state index in [4.69, 9.17) is 10.0 Å². The Morgan fingerprint density at radius 2 is 1.04 bits per heavy atom. The summed E-state index contributed by atoms with van der Waals surface area (Å²) in [6.45, 7) is 0. The summed E-state index contributed by atoms with van der Waals surface area (Å²) < 4.78 is 7.62. The molecule has 0 spiro atoms. The van der Waals surface area contributed by atoms with Crippen LogP contribution in [0.15, 0.2) is 135 Å². The largest absolute Gasteiger partial charge is 0.488 e.